The summed E-state index contributed by atoms with van der Waals surface area (Å²) in [6.07, 6.45) is 1.49. The van der Waals surface area contributed by atoms with Crippen LogP contribution in [0.1, 0.15) is 20.8 Å². The van der Waals surface area contributed by atoms with Crippen molar-refractivity contribution in [2.75, 3.05) is 0 Å². The van der Waals surface area contributed by atoms with Gasteiger partial charge in [0.1, 0.15) is 11.4 Å². The van der Waals surface area contributed by atoms with Crippen LogP contribution < -0.4 is 10.9 Å². The molecule has 2 amide bonds. The van der Waals surface area contributed by atoms with Crippen LogP contribution in [0.3, 0.4) is 0 Å². The summed E-state index contributed by atoms with van der Waals surface area (Å²) in [4.78, 5) is 23.9. The fourth-order valence-corrected chi connectivity index (χ4v) is 2.10. The van der Waals surface area contributed by atoms with Gasteiger partial charge in [-0.25, -0.2) is 0 Å². The largest absolute Gasteiger partial charge is 0.507 e. The highest BCUT2D eigenvalue weighted by molar-refractivity contribution is 6.31. The van der Waals surface area contributed by atoms with Crippen LogP contribution in [0.4, 0.5) is 0 Å². The number of amides is 2. The number of furan rings is 1. The van der Waals surface area contributed by atoms with Crippen molar-refractivity contribution in [1.29, 1.82) is 0 Å². The molecule has 0 aliphatic carbocycles. The minimum absolute atomic E-state index is 0.0528. The molecule has 8 nitrogen and oxygen atoms in total. The highest BCUT2D eigenvalue weighted by Gasteiger charge is 2.16. The first-order valence-electron chi connectivity index (χ1n) is 6.73. The molecule has 2 aromatic heterocycles. The second kappa shape index (κ2) is 6.47. The van der Waals surface area contributed by atoms with E-state index in [1.54, 1.807) is 12.1 Å². The van der Waals surface area contributed by atoms with Crippen LogP contribution in [0, 0.1) is 0 Å². The van der Waals surface area contributed by atoms with Crippen LogP contribution in [0.2, 0.25) is 5.02 Å². The summed E-state index contributed by atoms with van der Waals surface area (Å²) in [5, 5.41) is 16.4. The van der Waals surface area contributed by atoms with Gasteiger partial charge in [0.25, 0.3) is 11.8 Å². The molecule has 9 heteroatoms. The van der Waals surface area contributed by atoms with E-state index in [1.165, 1.54) is 30.5 Å². The predicted octanol–water partition coefficient (Wildman–Crippen LogP) is 2.10. The Bertz CT molecular complexity index is 889. The number of hydrogen-bond donors (Lipinski definition) is 4. The lowest BCUT2D eigenvalue weighted by Crippen LogP contribution is -2.41. The van der Waals surface area contributed by atoms with Crippen molar-refractivity contribution < 1.29 is 19.1 Å². The standard InChI is InChI=1S/C15H11ClN4O4/c16-8-3-4-12(21)9(6-8)14(22)19-20-15(23)11-7-10(17-18-11)13-2-1-5-24-13/h1-7,21H,(H,17,18)(H,19,22)(H,20,23). The first-order valence-corrected chi connectivity index (χ1v) is 7.11. The fourth-order valence-electron chi connectivity index (χ4n) is 1.93. The molecule has 3 rings (SSSR count). The number of aromatic hydroxyl groups is 1. The van der Waals surface area contributed by atoms with E-state index in [0.29, 0.717) is 11.5 Å². The Morgan fingerprint density at radius 2 is 1.96 bits per heavy atom. The minimum atomic E-state index is -0.717. The van der Waals surface area contributed by atoms with Crippen LogP contribution >= 0.6 is 11.6 Å². The lowest BCUT2D eigenvalue weighted by Gasteiger charge is -2.07. The molecular formula is C15H11ClN4O4. The summed E-state index contributed by atoms with van der Waals surface area (Å²) in [6.45, 7) is 0. The van der Waals surface area contributed by atoms with Gasteiger partial charge < -0.3 is 9.52 Å². The molecule has 0 fully saturated rings. The Kier molecular flexibility index (Phi) is 4.21. The second-order valence-electron chi connectivity index (χ2n) is 4.71. The third kappa shape index (κ3) is 3.23. The quantitative estimate of drug-likeness (QED) is 0.541. The highest BCUT2D eigenvalue weighted by atomic mass is 35.5. The van der Waals surface area contributed by atoms with Gasteiger partial charge in [-0.1, -0.05) is 11.6 Å². The van der Waals surface area contributed by atoms with Crippen molar-refractivity contribution in [1.82, 2.24) is 21.0 Å². The van der Waals surface area contributed by atoms with Crippen molar-refractivity contribution in [2.24, 2.45) is 0 Å². The number of phenols is 1. The molecule has 2 heterocycles. The molecule has 122 valence electrons. The zero-order valence-corrected chi connectivity index (χ0v) is 12.8. The Hall–Kier alpha value is -3.26. The zero-order valence-electron chi connectivity index (χ0n) is 12.0. The van der Waals surface area contributed by atoms with Crippen molar-refractivity contribution in [2.45, 2.75) is 0 Å². The van der Waals surface area contributed by atoms with Gasteiger partial charge in [-0.3, -0.25) is 25.5 Å². The number of hydrazine groups is 1. The maximum Gasteiger partial charge on any atom is 0.290 e. The molecule has 0 saturated heterocycles. The number of nitrogens with zero attached hydrogens (tertiary/aromatic N) is 1. The summed E-state index contributed by atoms with van der Waals surface area (Å²) in [5.41, 5.74) is 4.87. The van der Waals surface area contributed by atoms with E-state index in [9.17, 15) is 14.7 Å². The number of rotatable bonds is 3. The summed E-state index contributed by atoms with van der Waals surface area (Å²) in [6, 6.07) is 8.88. The fraction of sp³-hybridized carbons (Fsp3) is 0. The summed E-state index contributed by atoms with van der Waals surface area (Å²) in [7, 11) is 0. The van der Waals surface area contributed by atoms with E-state index < -0.39 is 11.8 Å². The van der Waals surface area contributed by atoms with E-state index in [2.05, 4.69) is 21.0 Å². The second-order valence-corrected chi connectivity index (χ2v) is 5.15. The van der Waals surface area contributed by atoms with E-state index in [1.807, 2.05) is 0 Å². The van der Waals surface area contributed by atoms with E-state index in [-0.39, 0.29) is 22.0 Å². The molecule has 0 unspecified atom stereocenters. The number of carbonyl (C=O) groups excluding carboxylic acids is 2. The number of aromatic amines is 1. The van der Waals surface area contributed by atoms with Gasteiger partial charge in [-0.05, 0) is 30.3 Å². The van der Waals surface area contributed by atoms with Crippen molar-refractivity contribution in [3.05, 3.63) is 58.9 Å². The van der Waals surface area contributed by atoms with Crippen LogP contribution in [0.5, 0.6) is 5.75 Å². The van der Waals surface area contributed by atoms with Gasteiger partial charge in [-0.2, -0.15) is 5.10 Å². The molecule has 1 aromatic carbocycles. The van der Waals surface area contributed by atoms with Gasteiger partial charge in [0.2, 0.25) is 0 Å². The molecule has 4 N–H and O–H groups in total. The number of halogens is 1. The minimum Gasteiger partial charge on any atom is -0.507 e. The van der Waals surface area contributed by atoms with E-state index in [0.717, 1.165) is 0 Å². The number of hydrogen-bond acceptors (Lipinski definition) is 5. The van der Waals surface area contributed by atoms with Crippen LogP contribution in [0.15, 0.2) is 47.1 Å². The highest BCUT2D eigenvalue weighted by Crippen LogP contribution is 2.21. The molecule has 0 bridgehead atoms. The maximum atomic E-state index is 12.0. The smallest absolute Gasteiger partial charge is 0.290 e. The maximum absolute atomic E-state index is 12.0. The number of carbonyl (C=O) groups is 2. The molecule has 3 aromatic rings. The molecule has 0 spiro atoms. The van der Waals surface area contributed by atoms with Gasteiger partial charge in [0, 0.05) is 11.1 Å². The molecule has 0 saturated carbocycles. The Morgan fingerprint density at radius 3 is 2.71 bits per heavy atom. The van der Waals surface area contributed by atoms with Crippen molar-refractivity contribution in [3.8, 4) is 17.2 Å². The first-order chi connectivity index (χ1) is 11.5. The van der Waals surface area contributed by atoms with Gasteiger partial charge in [-0.15, -0.1) is 0 Å². The SMILES string of the molecule is O=C(NNC(=O)c1cc(Cl)ccc1O)c1cc(-c2ccco2)[nH]n1. The Labute approximate surface area is 140 Å². The molecule has 0 aliphatic rings. The monoisotopic (exact) mass is 346 g/mol. The number of H-pyrrole nitrogens is 1. The van der Waals surface area contributed by atoms with Crippen LogP contribution in [-0.2, 0) is 0 Å². The number of benzene rings is 1. The summed E-state index contributed by atoms with van der Waals surface area (Å²) in [5.74, 6) is -1.09. The van der Waals surface area contributed by atoms with Gasteiger partial charge in [0.05, 0.1) is 11.8 Å². The van der Waals surface area contributed by atoms with Crippen LogP contribution in [0.25, 0.3) is 11.5 Å². The van der Waals surface area contributed by atoms with Gasteiger partial charge >= 0.3 is 0 Å². The average Bonchev–Trinajstić information content (AvgIpc) is 3.25. The first kappa shape index (κ1) is 15.6. The normalized spacial score (nSPS) is 10.4. The van der Waals surface area contributed by atoms with Gasteiger partial charge in [0.15, 0.2) is 11.5 Å². The molecule has 24 heavy (non-hydrogen) atoms. The molecule has 0 radical (unpaired) electrons. The topological polar surface area (TPSA) is 120 Å². The Balaban J connectivity index is 1.65. The third-order valence-electron chi connectivity index (χ3n) is 3.09. The Morgan fingerprint density at radius 1 is 1.17 bits per heavy atom. The molecule has 0 atom stereocenters. The third-order valence-corrected chi connectivity index (χ3v) is 3.33. The van der Waals surface area contributed by atoms with E-state index in [4.69, 9.17) is 16.0 Å². The average molecular weight is 347 g/mol. The lowest BCUT2D eigenvalue weighted by atomic mass is 10.2. The van der Waals surface area contributed by atoms with E-state index >= 15 is 0 Å². The van der Waals surface area contributed by atoms with Crippen molar-refractivity contribution >= 4 is 23.4 Å². The van der Waals surface area contributed by atoms with Crippen molar-refractivity contribution in [3.63, 3.8) is 0 Å². The molecular weight excluding hydrogens is 336 g/mol. The number of aromatic nitrogens is 2. The molecule has 0 aliphatic heterocycles. The predicted molar refractivity (Wildman–Crippen MR) is 84.3 cm³/mol. The summed E-state index contributed by atoms with van der Waals surface area (Å²) < 4.78 is 5.18. The summed E-state index contributed by atoms with van der Waals surface area (Å²) >= 11 is 5.77. The number of phenolic OH excluding ortho intramolecular Hbond substituents is 1. The number of nitrogens with one attached hydrogen (secondary N) is 3. The van der Waals surface area contributed by atoms with Crippen LogP contribution in [-0.4, -0.2) is 27.1 Å². The zero-order chi connectivity index (χ0) is 17.1. The lowest BCUT2D eigenvalue weighted by molar-refractivity contribution is 0.0842.